The summed E-state index contributed by atoms with van der Waals surface area (Å²) in [5.74, 6) is -0.801. The zero-order valence-electron chi connectivity index (χ0n) is 22.1. The summed E-state index contributed by atoms with van der Waals surface area (Å²) in [4.78, 5) is 28.0. The smallest absolute Gasteiger partial charge is 0.264 e. The topological polar surface area (TPSA) is 86.8 Å². The SMILES string of the molecule is CCc1ccccc1N(CC(=O)N(Cc1ccccc1C)[C@H](C)C(=O)NC)S(=O)(=O)c1ccc(C)cc1. The van der Waals surface area contributed by atoms with Gasteiger partial charge in [-0.15, -0.1) is 0 Å². The molecule has 0 aromatic heterocycles. The second-order valence-corrected chi connectivity index (χ2v) is 10.9. The molecule has 0 aliphatic rings. The lowest BCUT2D eigenvalue weighted by atomic mass is 10.1. The van der Waals surface area contributed by atoms with Crippen molar-refractivity contribution in [1.29, 1.82) is 0 Å². The second-order valence-electron chi connectivity index (χ2n) is 9.05. The van der Waals surface area contributed by atoms with Crippen LogP contribution in [0.5, 0.6) is 0 Å². The van der Waals surface area contributed by atoms with E-state index in [1.807, 2.05) is 57.2 Å². The number of benzene rings is 3. The molecule has 0 bridgehead atoms. The van der Waals surface area contributed by atoms with Crippen LogP contribution in [0.1, 0.15) is 36.1 Å². The first kappa shape index (κ1) is 27.9. The van der Waals surface area contributed by atoms with E-state index in [9.17, 15) is 18.0 Å². The number of aryl methyl sites for hydroxylation is 3. The fraction of sp³-hybridized carbons (Fsp3) is 0.310. The van der Waals surface area contributed by atoms with Gasteiger partial charge in [0.05, 0.1) is 10.6 Å². The Balaban J connectivity index is 2.08. The number of rotatable bonds is 10. The molecule has 1 N–H and O–H groups in total. The summed E-state index contributed by atoms with van der Waals surface area (Å²) in [5, 5.41) is 2.60. The maximum absolute atomic E-state index is 13.9. The molecule has 0 saturated heterocycles. The minimum atomic E-state index is -4.08. The number of amides is 2. The Morgan fingerprint density at radius 3 is 2.08 bits per heavy atom. The number of nitrogens with zero attached hydrogens (tertiary/aromatic N) is 2. The van der Waals surface area contributed by atoms with Gasteiger partial charge in [0, 0.05) is 13.6 Å². The molecule has 37 heavy (non-hydrogen) atoms. The van der Waals surface area contributed by atoms with Gasteiger partial charge >= 0.3 is 0 Å². The van der Waals surface area contributed by atoms with Gasteiger partial charge in [-0.1, -0.05) is 67.1 Å². The number of carbonyl (C=O) groups is 2. The van der Waals surface area contributed by atoms with E-state index < -0.39 is 28.5 Å². The monoisotopic (exact) mass is 521 g/mol. The van der Waals surface area contributed by atoms with Gasteiger partial charge < -0.3 is 10.2 Å². The van der Waals surface area contributed by atoms with Crippen LogP contribution < -0.4 is 9.62 Å². The van der Waals surface area contributed by atoms with Gasteiger partial charge in [-0.25, -0.2) is 8.42 Å². The largest absolute Gasteiger partial charge is 0.357 e. The van der Waals surface area contributed by atoms with Crippen LogP contribution in [-0.4, -0.2) is 44.8 Å². The highest BCUT2D eigenvalue weighted by atomic mass is 32.2. The van der Waals surface area contributed by atoms with Crippen LogP contribution >= 0.6 is 0 Å². The molecule has 0 heterocycles. The van der Waals surface area contributed by atoms with Gasteiger partial charge in [-0.2, -0.15) is 0 Å². The number of hydrogen-bond donors (Lipinski definition) is 1. The molecular formula is C29H35N3O4S. The van der Waals surface area contributed by atoms with Crippen molar-refractivity contribution in [3.05, 3.63) is 95.1 Å². The molecule has 0 saturated carbocycles. The highest BCUT2D eigenvalue weighted by molar-refractivity contribution is 7.92. The van der Waals surface area contributed by atoms with Crippen molar-refractivity contribution in [1.82, 2.24) is 10.2 Å². The summed E-state index contributed by atoms with van der Waals surface area (Å²) >= 11 is 0. The third-order valence-corrected chi connectivity index (χ3v) is 8.32. The van der Waals surface area contributed by atoms with Crippen molar-refractivity contribution in [3.8, 4) is 0 Å². The molecule has 3 aromatic rings. The Kier molecular flexibility index (Phi) is 9.10. The summed E-state index contributed by atoms with van der Waals surface area (Å²) in [5.41, 5.74) is 4.04. The zero-order valence-corrected chi connectivity index (χ0v) is 22.9. The fourth-order valence-corrected chi connectivity index (χ4v) is 5.62. The Morgan fingerprint density at radius 1 is 0.892 bits per heavy atom. The Labute approximate surface area is 220 Å². The molecule has 8 heteroatoms. The highest BCUT2D eigenvalue weighted by Crippen LogP contribution is 2.28. The summed E-state index contributed by atoms with van der Waals surface area (Å²) in [6.07, 6.45) is 0.589. The molecule has 0 aliphatic heterocycles. The zero-order chi connectivity index (χ0) is 27.2. The van der Waals surface area contributed by atoms with Crippen molar-refractivity contribution in [3.63, 3.8) is 0 Å². The number of anilines is 1. The highest BCUT2D eigenvalue weighted by Gasteiger charge is 2.33. The summed E-state index contributed by atoms with van der Waals surface area (Å²) < 4.78 is 29.0. The molecule has 0 spiro atoms. The van der Waals surface area contributed by atoms with E-state index in [0.717, 1.165) is 22.3 Å². The second kappa shape index (κ2) is 12.1. The molecular weight excluding hydrogens is 486 g/mol. The quantitative estimate of drug-likeness (QED) is 0.433. The summed E-state index contributed by atoms with van der Waals surface area (Å²) in [7, 11) is -2.56. The first-order chi connectivity index (χ1) is 17.6. The van der Waals surface area contributed by atoms with Crippen LogP contribution in [0.2, 0.25) is 0 Å². The lowest BCUT2D eigenvalue weighted by molar-refractivity contribution is -0.139. The third kappa shape index (κ3) is 6.38. The minimum absolute atomic E-state index is 0.0987. The molecule has 0 aliphatic carbocycles. The van der Waals surface area contributed by atoms with Gasteiger partial charge in [-0.3, -0.25) is 13.9 Å². The van der Waals surface area contributed by atoms with Crippen LogP contribution in [0, 0.1) is 13.8 Å². The van der Waals surface area contributed by atoms with Gasteiger partial charge in [0.15, 0.2) is 0 Å². The van der Waals surface area contributed by atoms with Crippen molar-refractivity contribution in [2.24, 2.45) is 0 Å². The standard InChI is InChI=1S/C29H35N3O4S/c1-6-24-12-9-10-14-27(24)32(37(35,36)26-17-15-21(2)16-18-26)20-28(33)31(23(4)29(34)30-5)19-25-13-8-7-11-22(25)3/h7-18,23H,6,19-20H2,1-5H3,(H,30,34)/t23-/m1/s1. The molecule has 0 fully saturated rings. The van der Waals surface area contributed by atoms with Gasteiger partial charge in [0.25, 0.3) is 10.0 Å². The summed E-state index contributed by atoms with van der Waals surface area (Å²) in [6, 6.07) is 20.6. The van der Waals surface area contributed by atoms with E-state index >= 15 is 0 Å². The Morgan fingerprint density at radius 2 is 1.49 bits per heavy atom. The number of likely N-dealkylation sites (N-methyl/N-ethyl adjacent to an activating group) is 1. The number of para-hydroxylation sites is 1. The van der Waals surface area contributed by atoms with Gasteiger partial charge in [0.2, 0.25) is 11.8 Å². The number of sulfonamides is 1. The molecule has 1 atom stereocenters. The molecule has 3 rings (SSSR count). The minimum Gasteiger partial charge on any atom is -0.357 e. The third-order valence-electron chi connectivity index (χ3n) is 6.54. The van der Waals surface area contributed by atoms with Crippen LogP contribution in [0.3, 0.4) is 0 Å². The first-order valence-electron chi connectivity index (χ1n) is 12.3. The predicted octanol–water partition coefficient (Wildman–Crippen LogP) is 4.22. The van der Waals surface area contributed by atoms with Crippen molar-refractivity contribution < 1.29 is 18.0 Å². The summed E-state index contributed by atoms with van der Waals surface area (Å²) in [6.45, 7) is 7.14. The van der Waals surface area contributed by atoms with E-state index in [1.54, 1.807) is 43.3 Å². The lowest BCUT2D eigenvalue weighted by Gasteiger charge is -2.32. The maximum Gasteiger partial charge on any atom is 0.264 e. The van der Waals surface area contributed by atoms with Crippen LogP contribution in [0.25, 0.3) is 0 Å². The molecule has 3 aromatic carbocycles. The van der Waals surface area contributed by atoms with E-state index in [1.165, 1.54) is 16.3 Å². The van der Waals surface area contributed by atoms with Crippen molar-refractivity contribution >= 4 is 27.5 Å². The first-order valence-corrected chi connectivity index (χ1v) is 13.8. The molecule has 0 radical (unpaired) electrons. The average molecular weight is 522 g/mol. The normalized spacial score (nSPS) is 12.0. The average Bonchev–Trinajstić information content (AvgIpc) is 2.90. The molecule has 7 nitrogen and oxygen atoms in total. The lowest BCUT2D eigenvalue weighted by Crippen LogP contribution is -2.51. The number of carbonyl (C=O) groups excluding carboxylic acids is 2. The Bertz CT molecular complexity index is 1350. The Hall–Kier alpha value is -3.65. The van der Waals surface area contributed by atoms with Crippen LogP contribution in [0.15, 0.2) is 77.7 Å². The van der Waals surface area contributed by atoms with E-state index in [2.05, 4.69) is 5.32 Å². The van der Waals surface area contributed by atoms with Crippen LogP contribution in [0.4, 0.5) is 5.69 Å². The van der Waals surface area contributed by atoms with E-state index in [4.69, 9.17) is 0 Å². The van der Waals surface area contributed by atoms with Gasteiger partial charge in [0.1, 0.15) is 12.6 Å². The molecule has 196 valence electrons. The molecule has 2 amide bonds. The van der Waals surface area contributed by atoms with Crippen molar-refractivity contribution in [2.75, 3.05) is 17.9 Å². The van der Waals surface area contributed by atoms with Crippen LogP contribution in [-0.2, 0) is 32.6 Å². The van der Waals surface area contributed by atoms with Gasteiger partial charge in [-0.05, 0) is 62.1 Å². The van der Waals surface area contributed by atoms with E-state index in [-0.39, 0.29) is 17.3 Å². The maximum atomic E-state index is 13.9. The predicted molar refractivity (Wildman–Crippen MR) is 147 cm³/mol. The van der Waals surface area contributed by atoms with Crippen molar-refractivity contribution in [2.45, 2.75) is 51.6 Å². The molecule has 0 unspecified atom stereocenters. The number of nitrogens with one attached hydrogen (secondary N) is 1. The fourth-order valence-electron chi connectivity index (χ4n) is 4.17. The van der Waals surface area contributed by atoms with E-state index in [0.29, 0.717) is 12.1 Å². The number of hydrogen-bond acceptors (Lipinski definition) is 4.